The van der Waals surface area contributed by atoms with Crippen LogP contribution in [0.2, 0.25) is 0 Å². The van der Waals surface area contributed by atoms with Gasteiger partial charge in [-0.05, 0) is 149 Å². The molecule has 9 rings (SSSR count). The van der Waals surface area contributed by atoms with Gasteiger partial charge < -0.3 is 45.7 Å². The summed E-state index contributed by atoms with van der Waals surface area (Å²) in [6, 6.07) is 1.93. The zero-order valence-corrected chi connectivity index (χ0v) is 38.4. The second kappa shape index (κ2) is 16.8. The third kappa shape index (κ3) is 7.20. The Hall–Kier alpha value is -3.31. The molecular formula is C52H72N2O10. The van der Waals surface area contributed by atoms with Crippen LogP contribution in [0.25, 0.3) is 0 Å². The minimum absolute atomic E-state index is 0.0167. The normalized spacial score (nSPS) is 47.9. The predicted octanol–water partition coefficient (Wildman–Crippen LogP) is 4.73. The molecule has 1 aromatic heterocycles. The number of carbonyl (C=O) groups is 3. The summed E-state index contributed by atoms with van der Waals surface area (Å²) < 4.78 is 5.85. The molecule has 350 valence electrons. The lowest BCUT2D eigenvalue weighted by molar-refractivity contribution is -0.183. The lowest BCUT2D eigenvalue weighted by atomic mass is 9.45. The van der Waals surface area contributed by atoms with E-state index in [1.807, 2.05) is 32.3 Å². The van der Waals surface area contributed by atoms with E-state index in [0.717, 1.165) is 31.2 Å². The summed E-state index contributed by atoms with van der Waals surface area (Å²) in [5.41, 5.74) is -2.32. The maximum absolute atomic E-state index is 14.8. The highest BCUT2D eigenvalue weighted by Gasteiger charge is 2.72. The number of aliphatic hydroxyl groups is 6. The smallest absolute Gasteiger partial charge is 0.313 e. The summed E-state index contributed by atoms with van der Waals surface area (Å²) in [5, 5.41) is 75.9. The Kier molecular flexibility index (Phi) is 12.0. The average molecular weight is 885 g/mol. The van der Waals surface area contributed by atoms with Gasteiger partial charge in [-0.15, -0.1) is 5.92 Å². The molecule has 8 N–H and O–H groups in total. The molecule has 0 amide bonds. The molecule has 4 saturated carbocycles. The van der Waals surface area contributed by atoms with Crippen molar-refractivity contribution in [3.63, 3.8) is 0 Å². The first-order valence-corrected chi connectivity index (χ1v) is 24.4. The second-order valence-electron chi connectivity index (χ2n) is 22.7. The summed E-state index contributed by atoms with van der Waals surface area (Å²) in [6.45, 7) is 9.30. The van der Waals surface area contributed by atoms with Gasteiger partial charge in [-0.25, -0.2) is 0 Å². The summed E-state index contributed by atoms with van der Waals surface area (Å²) >= 11 is 0. The van der Waals surface area contributed by atoms with E-state index in [1.54, 1.807) is 6.92 Å². The number of esters is 1. The number of rotatable bonds is 6. The van der Waals surface area contributed by atoms with E-state index in [4.69, 9.17) is 4.74 Å². The van der Waals surface area contributed by atoms with Gasteiger partial charge in [-0.2, -0.15) is 0 Å². The largest absolute Gasteiger partial charge is 0.465 e. The molecule has 1 aliphatic heterocycles. The van der Waals surface area contributed by atoms with Crippen molar-refractivity contribution in [1.82, 2.24) is 10.3 Å². The number of carbonyl (C=O) groups excluding carboxylic acids is 3. The zero-order valence-electron chi connectivity index (χ0n) is 38.4. The van der Waals surface area contributed by atoms with Crippen molar-refractivity contribution < 1.29 is 49.8 Å². The number of ether oxygens (including phenoxy) is 1. The first-order chi connectivity index (χ1) is 30.3. The molecule has 19 atom stereocenters. The molecule has 0 spiro atoms. The number of fused-ring (bicyclic) bond motifs is 10. The van der Waals surface area contributed by atoms with Gasteiger partial charge in [0, 0.05) is 54.5 Å². The van der Waals surface area contributed by atoms with Gasteiger partial charge in [-0.1, -0.05) is 38.3 Å². The van der Waals surface area contributed by atoms with Gasteiger partial charge in [0.25, 0.3) is 0 Å². The third-order valence-corrected chi connectivity index (χ3v) is 19.1. The number of nitrogens with one attached hydrogen (secondary N) is 2. The highest BCUT2D eigenvalue weighted by Crippen LogP contribution is 2.71. The topological polar surface area (TPSA) is 210 Å². The molecule has 0 aromatic carbocycles. The standard InChI is InChI=1S/C52H72N2O10/c1-27-9-10-29-11-12-34-33(25-55)19-42(59)51(5,62)47-31(8-6-7-30(18-36(34)35(29)17-27)37-26-64-48(61)43(37)32-14-16-53-24-32)21-52(63)44-38(13-15-50(47,52)4)49(3)22-41(58)40(57)20-39(49)46(60)45(44)54-23-28(2)56/h11,14,16,24,27,30-31,33-43,47,53-55,57-59,62-63H,8-10,12-13,15,17-23,25-26H2,1-5H3. The third-order valence-electron chi connectivity index (χ3n) is 19.1. The number of hydrogen-bond donors (Lipinski definition) is 8. The van der Waals surface area contributed by atoms with Crippen molar-refractivity contribution in [1.29, 1.82) is 0 Å². The maximum atomic E-state index is 14.8. The van der Waals surface area contributed by atoms with Crippen LogP contribution < -0.4 is 5.32 Å². The Morgan fingerprint density at radius 2 is 1.77 bits per heavy atom. The van der Waals surface area contributed by atoms with E-state index in [0.29, 0.717) is 30.8 Å². The zero-order chi connectivity index (χ0) is 45.7. The highest BCUT2D eigenvalue weighted by atomic mass is 16.5. The molecular weight excluding hydrogens is 813 g/mol. The van der Waals surface area contributed by atoms with Crippen LogP contribution in [0.15, 0.2) is 41.4 Å². The fourth-order valence-corrected chi connectivity index (χ4v) is 15.9. The second-order valence-corrected chi connectivity index (χ2v) is 22.7. The number of aliphatic hydroxyl groups excluding tert-OH is 4. The molecule has 1 aromatic rings. The van der Waals surface area contributed by atoms with Crippen LogP contribution in [0.4, 0.5) is 0 Å². The van der Waals surface area contributed by atoms with Crippen molar-refractivity contribution in [3.05, 3.63) is 46.9 Å². The number of hydrogen-bond acceptors (Lipinski definition) is 11. The fourth-order valence-electron chi connectivity index (χ4n) is 15.9. The van der Waals surface area contributed by atoms with Crippen LogP contribution in [-0.4, -0.2) is 102 Å². The monoisotopic (exact) mass is 885 g/mol. The van der Waals surface area contributed by atoms with Gasteiger partial charge in [-0.3, -0.25) is 14.4 Å². The lowest BCUT2D eigenvalue weighted by Gasteiger charge is -2.61. The molecule has 64 heavy (non-hydrogen) atoms. The Morgan fingerprint density at radius 1 is 0.984 bits per heavy atom. The van der Waals surface area contributed by atoms with E-state index in [-0.39, 0.29) is 117 Å². The number of Topliss-reactive ketones (excluding diaryl/α,β-unsaturated/α-hetero) is 2. The van der Waals surface area contributed by atoms with Crippen LogP contribution in [0.1, 0.15) is 123 Å². The molecule has 0 bridgehead atoms. The van der Waals surface area contributed by atoms with E-state index >= 15 is 0 Å². The minimum atomic E-state index is -1.77. The number of ketones is 2. The van der Waals surface area contributed by atoms with Crippen LogP contribution in [-0.2, 0) is 19.1 Å². The van der Waals surface area contributed by atoms with E-state index in [9.17, 15) is 45.0 Å². The Balaban J connectivity index is 1.18. The molecule has 12 heteroatoms. The number of aromatic amines is 1. The Labute approximate surface area is 378 Å². The van der Waals surface area contributed by atoms with Gasteiger partial charge in [0.15, 0.2) is 5.78 Å². The van der Waals surface area contributed by atoms with Crippen LogP contribution in [0.5, 0.6) is 0 Å². The SMILES string of the molecule is CC(=O)CNC1=C2C(CCC3(C)C4C(CC#CC(C5COC(=O)C5c5cc[nH]c5)CC5C6CC(C)CCC6=CCC5C(CO)CC(O)C4(C)O)CC23O)C2(C)CC(O)C(O)CC2C1=O. The summed E-state index contributed by atoms with van der Waals surface area (Å²) in [7, 11) is 0. The molecule has 5 fully saturated rings. The summed E-state index contributed by atoms with van der Waals surface area (Å²) in [4.78, 5) is 44.0. The van der Waals surface area contributed by atoms with Crippen molar-refractivity contribution in [2.24, 2.45) is 75.9 Å². The molecule has 19 unspecified atom stereocenters. The first kappa shape index (κ1) is 45.8. The van der Waals surface area contributed by atoms with Crippen molar-refractivity contribution in [2.75, 3.05) is 19.8 Å². The first-order valence-electron chi connectivity index (χ1n) is 24.4. The van der Waals surface area contributed by atoms with E-state index in [1.165, 1.54) is 12.5 Å². The number of allylic oxidation sites excluding steroid dienone is 3. The maximum Gasteiger partial charge on any atom is 0.313 e. The number of H-pyrrole nitrogens is 1. The molecule has 2 heterocycles. The highest BCUT2D eigenvalue weighted by molar-refractivity contribution is 6.00. The summed E-state index contributed by atoms with van der Waals surface area (Å²) in [5.74, 6) is 3.97. The molecule has 0 radical (unpaired) electrons. The molecule has 12 nitrogen and oxygen atoms in total. The number of aromatic nitrogens is 1. The van der Waals surface area contributed by atoms with Crippen LogP contribution in [0, 0.1) is 87.8 Å². The van der Waals surface area contributed by atoms with Crippen LogP contribution >= 0.6 is 0 Å². The van der Waals surface area contributed by atoms with Gasteiger partial charge in [0.1, 0.15) is 5.78 Å². The number of cyclic esters (lactones) is 1. The Bertz CT molecular complexity index is 2120. The molecule has 7 aliphatic carbocycles. The lowest BCUT2D eigenvalue weighted by Crippen LogP contribution is -2.64. The fraction of sp³-hybridized carbons (Fsp3) is 0.750. The predicted molar refractivity (Wildman–Crippen MR) is 237 cm³/mol. The van der Waals surface area contributed by atoms with Crippen molar-refractivity contribution in [2.45, 2.75) is 147 Å². The van der Waals surface area contributed by atoms with E-state index in [2.05, 4.69) is 35.1 Å². The van der Waals surface area contributed by atoms with E-state index < -0.39 is 64.0 Å². The van der Waals surface area contributed by atoms with Gasteiger partial charge >= 0.3 is 5.97 Å². The van der Waals surface area contributed by atoms with Gasteiger partial charge in [0.2, 0.25) is 0 Å². The molecule has 1 saturated heterocycles. The Morgan fingerprint density at radius 3 is 2.48 bits per heavy atom. The molecule has 8 aliphatic rings. The summed E-state index contributed by atoms with van der Waals surface area (Å²) in [6.07, 6.45) is 9.00. The quantitative estimate of drug-likeness (QED) is 0.111. The van der Waals surface area contributed by atoms with Crippen LogP contribution in [0.3, 0.4) is 0 Å². The minimum Gasteiger partial charge on any atom is -0.465 e. The van der Waals surface area contributed by atoms with Crippen molar-refractivity contribution in [3.8, 4) is 11.8 Å². The van der Waals surface area contributed by atoms with Gasteiger partial charge in [0.05, 0.1) is 54.3 Å². The average Bonchev–Trinajstić information content (AvgIpc) is 3.96. The van der Waals surface area contributed by atoms with Crippen molar-refractivity contribution >= 4 is 17.5 Å².